The van der Waals surface area contributed by atoms with E-state index in [4.69, 9.17) is 17.3 Å². The third-order valence-corrected chi connectivity index (χ3v) is 5.71. The highest BCUT2D eigenvalue weighted by atomic mass is 79.9. The standard InChI is InChI=1S/C11H6Br2ClNOS/c12-5-4-8(17-11(5)13)10(16)9-6(14)2-1-3-7(9)15/h1-4H,15H2. The van der Waals surface area contributed by atoms with Gasteiger partial charge in [-0.1, -0.05) is 17.7 Å². The smallest absolute Gasteiger partial charge is 0.206 e. The highest BCUT2D eigenvalue weighted by Crippen LogP contribution is 2.35. The Morgan fingerprint density at radius 3 is 2.59 bits per heavy atom. The van der Waals surface area contributed by atoms with Crippen LogP contribution in [0.1, 0.15) is 15.2 Å². The number of rotatable bonds is 2. The molecule has 1 heterocycles. The Morgan fingerprint density at radius 2 is 2.06 bits per heavy atom. The molecule has 0 aliphatic rings. The molecule has 88 valence electrons. The van der Waals surface area contributed by atoms with E-state index in [9.17, 15) is 4.79 Å². The molecule has 1 aromatic carbocycles. The van der Waals surface area contributed by atoms with Crippen molar-refractivity contribution in [3.8, 4) is 0 Å². The van der Waals surface area contributed by atoms with Crippen molar-refractivity contribution in [3.63, 3.8) is 0 Å². The van der Waals surface area contributed by atoms with Gasteiger partial charge in [-0.05, 0) is 50.1 Å². The minimum absolute atomic E-state index is 0.162. The summed E-state index contributed by atoms with van der Waals surface area (Å²) < 4.78 is 1.71. The van der Waals surface area contributed by atoms with Crippen molar-refractivity contribution >= 4 is 66.3 Å². The summed E-state index contributed by atoms with van der Waals surface area (Å²) >= 11 is 14.0. The van der Waals surface area contributed by atoms with Crippen LogP contribution in [-0.2, 0) is 0 Å². The molecule has 0 atom stereocenters. The van der Waals surface area contributed by atoms with E-state index in [1.54, 1.807) is 24.3 Å². The van der Waals surface area contributed by atoms with Crippen molar-refractivity contribution in [1.29, 1.82) is 0 Å². The first-order chi connectivity index (χ1) is 8.00. The van der Waals surface area contributed by atoms with Crippen LogP contribution in [-0.4, -0.2) is 5.78 Å². The second-order valence-corrected chi connectivity index (χ2v) is 6.90. The van der Waals surface area contributed by atoms with Crippen molar-refractivity contribution in [2.75, 3.05) is 5.73 Å². The van der Waals surface area contributed by atoms with E-state index in [1.165, 1.54) is 11.3 Å². The summed E-state index contributed by atoms with van der Waals surface area (Å²) in [5.41, 5.74) is 6.53. The number of thiophene rings is 1. The molecule has 1 aromatic heterocycles. The van der Waals surface area contributed by atoms with Gasteiger partial charge in [0.15, 0.2) is 0 Å². The number of halogens is 3. The Morgan fingerprint density at radius 1 is 1.35 bits per heavy atom. The van der Waals surface area contributed by atoms with E-state index >= 15 is 0 Å². The molecule has 17 heavy (non-hydrogen) atoms. The maximum atomic E-state index is 12.3. The molecule has 2 rings (SSSR count). The summed E-state index contributed by atoms with van der Waals surface area (Å²) in [7, 11) is 0. The quantitative estimate of drug-likeness (QED) is 0.590. The second kappa shape index (κ2) is 5.10. The molecule has 2 N–H and O–H groups in total. The van der Waals surface area contributed by atoms with Gasteiger partial charge in [-0.25, -0.2) is 0 Å². The Kier molecular flexibility index (Phi) is 3.92. The number of ketones is 1. The monoisotopic (exact) mass is 393 g/mol. The van der Waals surface area contributed by atoms with Crippen LogP contribution in [0.4, 0.5) is 5.69 Å². The third kappa shape index (κ3) is 2.57. The summed E-state index contributed by atoms with van der Waals surface area (Å²) in [5.74, 6) is -0.162. The summed E-state index contributed by atoms with van der Waals surface area (Å²) in [6.45, 7) is 0. The SMILES string of the molecule is Nc1cccc(Cl)c1C(=O)c1cc(Br)c(Br)s1. The van der Waals surface area contributed by atoms with Crippen molar-refractivity contribution in [2.24, 2.45) is 0 Å². The molecular weight excluding hydrogens is 389 g/mol. The molecule has 0 amide bonds. The number of hydrogen-bond donors (Lipinski definition) is 1. The van der Waals surface area contributed by atoms with E-state index in [2.05, 4.69) is 31.9 Å². The lowest BCUT2D eigenvalue weighted by Gasteiger charge is -2.04. The first-order valence-corrected chi connectivity index (χ1v) is 7.32. The molecule has 0 spiro atoms. The molecule has 0 radical (unpaired) electrons. The van der Waals surface area contributed by atoms with Gasteiger partial charge in [-0.3, -0.25) is 4.79 Å². The Labute approximate surface area is 124 Å². The highest BCUT2D eigenvalue weighted by molar-refractivity contribution is 9.13. The van der Waals surface area contributed by atoms with Gasteiger partial charge in [0.25, 0.3) is 0 Å². The fourth-order valence-corrected chi connectivity index (χ4v) is 3.61. The molecule has 0 saturated heterocycles. The van der Waals surface area contributed by atoms with Crippen molar-refractivity contribution < 1.29 is 4.79 Å². The Bertz CT molecular complexity index is 557. The summed E-state index contributed by atoms with van der Waals surface area (Å²) in [6.07, 6.45) is 0. The lowest BCUT2D eigenvalue weighted by Crippen LogP contribution is -2.04. The van der Waals surface area contributed by atoms with Gasteiger partial charge in [0.1, 0.15) is 0 Å². The number of carbonyl (C=O) groups is 1. The number of nitrogen functional groups attached to an aromatic ring is 1. The van der Waals surface area contributed by atoms with Crippen LogP contribution >= 0.6 is 54.8 Å². The largest absolute Gasteiger partial charge is 0.398 e. The second-order valence-electron chi connectivity index (χ2n) is 3.27. The average Bonchev–Trinajstić information content (AvgIpc) is 2.59. The summed E-state index contributed by atoms with van der Waals surface area (Å²) in [6, 6.07) is 6.79. The van der Waals surface area contributed by atoms with Gasteiger partial charge >= 0.3 is 0 Å². The molecular formula is C11H6Br2ClNOS. The van der Waals surface area contributed by atoms with Crippen LogP contribution < -0.4 is 5.73 Å². The molecule has 2 aromatic rings. The number of anilines is 1. The van der Waals surface area contributed by atoms with Gasteiger partial charge in [-0.2, -0.15) is 0 Å². The fourth-order valence-electron chi connectivity index (χ4n) is 1.36. The van der Waals surface area contributed by atoms with E-state index in [1.807, 2.05) is 0 Å². The molecule has 0 saturated carbocycles. The summed E-state index contributed by atoms with van der Waals surface area (Å²) in [5, 5.41) is 0.371. The molecule has 6 heteroatoms. The first-order valence-electron chi connectivity index (χ1n) is 4.54. The molecule has 0 aliphatic heterocycles. The minimum atomic E-state index is -0.162. The number of hydrogen-bond acceptors (Lipinski definition) is 3. The molecule has 0 fully saturated rings. The van der Waals surface area contributed by atoms with Gasteiger partial charge in [0.05, 0.1) is 19.2 Å². The van der Waals surface area contributed by atoms with Crippen LogP contribution in [0.25, 0.3) is 0 Å². The van der Waals surface area contributed by atoms with Crippen molar-refractivity contribution in [3.05, 3.63) is 48.0 Å². The van der Waals surface area contributed by atoms with Crippen molar-refractivity contribution in [2.45, 2.75) is 0 Å². The van der Waals surface area contributed by atoms with Gasteiger partial charge < -0.3 is 5.73 Å². The van der Waals surface area contributed by atoms with Crippen LogP contribution in [0, 0.1) is 0 Å². The zero-order valence-corrected chi connectivity index (χ0v) is 13.1. The van der Waals surface area contributed by atoms with E-state index in [-0.39, 0.29) is 5.78 Å². The molecule has 0 aliphatic carbocycles. The predicted molar refractivity (Wildman–Crippen MR) is 79.0 cm³/mol. The zero-order chi connectivity index (χ0) is 12.6. The van der Waals surface area contributed by atoms with Crippen LogP contribution in [0.5, 0.6) is 0 Å². The highest BCUT2D eigenvalue weighted by Gasteiger charge is 2.19. The Balaban J connectivity index is 2.51. The van der Waals surface area contributed by atoms with Gasteiger partial charge in [0.2, 0.25) is 5.78 Å². The maximum absolute atomic E-state index is 12.3. The predicted octanol–water partition coefficient (Wildman–Crippen LogP) is 4.74. The van der Waals surface area contributed by atoms with Gasteiger partial charge in [0, 0.05) is 10.2 Å². The number of nitrogens with two attached hydrogens (primary N) is 1. The first kappa shape index (κ1) is 13.1. The summed E-state index contributed by atoms with van der Waals surface area (Å²) in [4.78, 5) is 12.8. The Hall–Kier alpha value is -0.360. The minimum Gasteiger partial charge on any atom is -0.398 e. The molecule has 2 nitrogen and oxygen atoms in total. The lowest BCUT2D eigenvalue weighted by molar-refractivity contribution is 0.104. The van der Waals surface area contributed by atoms with Crippen LogP contribution in [0.15, 0.2) is 32.5 Å². The normalized spacial score (nSPS) is 10.5. The maximum Gasteiger partial charge on any atom is 0.206 e. The van der Waals surface area contributed by atoms with E-state index in [0.29, 0.717) is 21.2 Å². The molecule has 0 bridgehead atoms. The number of benzene rings is 1. The third-order valence-electron chi connectivity index (χ3n) is 2.14. The number of carbonyl (C=O) groups excluding carboxylic acids is 1. The van der Waals surface area contributed by atoms with Crippen LogP contribution in [0.3, 0.4) is 0 Å². The van der Waals surface area contributed by atoms with Crippen LogP contribution in [0.2, 0.25) is 5.02 Å². The van der Waals surface area contributed by atoms with E-state index < -0.39 is 0 Å². The van der Waals surface area contributed by atoms with Gasteiger partial charge in [-0.15, -0.1) is 11.3 Å². The molecule has 0 unspecified atom stereocenters. The average molecular weight is 396 g/mol. The topological polar surface area (TPSA) is 43.1 Å². The van der Waals surface area contributed by atoms with Crippen molar-refractivity contribution in [1.82, 2.24) is 0 Å². The fraction of sp³-hybridized carbons (Fsp3) is 0. The van der Waals surface area contributed by atoms with E-state index in [0.717, 1.165) is 8.26 Å². The lowest BCUT2D eigenvalue weighted by atomic mass is 10.1. The zero-order valence-electron chi connectivity index (χ0n) is 8.34.